The molecule has 5 nitrogen and oxygen atoms in total. The van der Waals surface area contributed by atoms with Crippen LogP contribution in [-0.4, -0.2) is 24.3 Å². The molecule has 196 valence electrons. The van der Waals surface area contributed by atoms with Crippen LogP contribution in [-0.2, 0) is 21.3 Å². The third-order valence-corrected chi connectivity index (χ3v) is 9.82. The van der Waals surface area contributed by atoms with Gasteiger partial charge in [0, 0.05) is 11.0 Å². The summed E-state index contributed by atoms with van der Waals surface area (Å²) in [5, 5.41) is 0. The van der Waals surface area contributed by atoms with E-state index in [1.165, 1.54) is 17.7 Å². The SMILES string of the molecule is CCC(N)(CC)Cc1ccc(C=C2C(=O)C3(C)CCC2C3(C)C)cc1.Cc1ccc(S(=O)(=O)O)cc1. The number of ketones is 1. The maximum absolute atomic E-state index is 13.0. The van der Waals surface area contributed by atoms with Crippen molar-refractivity contribution >= 4 is 22.0 Å². The van der Waals surface area contributed by atoms with Crippen LogP contribution in [0.3, 0.4) is 0 Å². The molecule has 0 spiro atoms. The summed E-state index contributed by atoms with van der Waals surface area (Å²) in [7, 11) is -4.02. The molecule has 6 heteroatoms. The number of hydrogen-bond acceptors (Lipinski definition) is 4. The van der Waals surface area contributed by atoms with Crippen molar-refractivity contribution in [1.82, 2.24) is 0 Å². The average molecular weight is 512 g/mol. The first kappa shape index (κ1) is 28.3. The van der Waals surface area contributed by atoms with E-state index in [4.69, 9.17) is 10.3 Å². The second-order valence-electron chi connectivity index (χ2n) is 11.3. The zero-order chi connectivity index (χ0) is 26.9. The van der Waals surface area contributed by atoms with Crippen LogP contribution in [0.1, 0.15) is 77.0 Å². The Morgan fingerprint density at radius 1 is 1.03 bits per heavy atom. The molecule has 2 aliphatic rings. The molecule has 2 aromatic carbocycles. The number of benzene rings is 2. The predicted octanol–water partition coefficient (Wildman–Crippen LogP) is 6.40. The van der Waals surface area contributed by atoms with Gasteiger partial charge in [0.25, 0.3) is 10.1 Å². The molecule has 2 aromatic rings. The third kappa shape index (κ3) is 5.51. The van der Waals surface area contributed by atoms with Gasteiger partial charge in [-0.25, -0.2) is 0 Å². The lowest BCUT2D eigenvalue weighted by Crippen LogP contribution is -2.40. The Balaban J connectivity index is 0.000000275. The van der Waals surface area contributed by atoms with Crippen LogP contribution in [0, 0.1) is 23.7 Å². The first-order chi connectivity index (χ1) is 16.7. The standard InChI is InChI=1S/C23H33NO.C7H8O3S/c1-6-23(24,7-2)15-17-10-8-16(9-11-17)14-18-19-12-13-22(5,20(18)25)21(19,3)4;1-6-2-4-7(5-3-6)11(8,9)10/h8-11,14,19H,6-7,12-13,15,24H2,1-5H3;2-5H,1H3,(H,8,9,10). The zero-order valence-electron chi connectivity index (χ0n) is 22.5. The summed E-state index contributed by atoms with van der Waals surface area (Å²) in [6.07, 6.45) is 7.19. The maximum atomic E-state index is 13.0. The van der Waals surface area contributed by atoms with Crippen molar-refractivity contribution in [2.75, 3.05) is 0 Å². The second-order valence-corrected chi connectivity index (χ2v) is 12.8. The van der Waals surface area contributed by atoms with Gasteiger partial charge in [0.1, 0.15) is 0 Å². The monoisotopic (exact) mass is 511 g/mol. The molecule has 36 heavy (non-hydrogen) atoms. The highest BCUT2D eigenvalue weighted by Gasteiger charge is 2.63. The molecule has 2 saturated carbocycles. The van der Waals surface area contributed by atoms with Crippen molar-refractivity contribution in [2.24, 2.45) is 22.5 Å². The molecule has 2 aliphatic carbocycles. The summed E-state index contributed by atoms with van der Waals surface area (Å²) < 4.78 is 29.6. The van der Waals surface area contributed by atoms with E-state index in [1.807, 2.05) is 6.92 Å². The summed E-state index contributed by atoms with van der Waals surface area (Å²) in [4.78, 5) is 12.9. The average Bonchev–Trinajstić information content (AvgIpc) is 3.14. The van der Waals surface area contributed by atoms with Crippen molar-refractivity contribution in [2.45, 2.75) is 84.1 Å². The number of hydrogen-bond donors (Lipinski definition) is 2. The summed E-state index contributed by atoms with van der Waals surface area (Å²) in [6.45, 7) is 12.9. The van der Waals surface area contributed by atoms with Crippen LogP contribution >= 0.6 is 0 Å². The molecular formula is C30H41NO4S. The van der Waals surface area contributed by atoms with E-state index < -0.39 is 10.1 Å². The summed E-state index contributed by atoms with van der Waals surface area (Å²) in [5.41, 5.74) is 10.6. The Bertz CT molecular complexity index is 1220. The van der Waals surface area contributed by atoms with Gasteiger partial charge in [-0.15, -0.1) is 0 Å². The Hall–Kier alpha value is -2.28. The topological polar surface area (TPSA) is 97.5 Å². The number of rotatable bonds is 6. The van der Waals surface area contributed by atoms with Gasteiger partial charge in [0.05, 0.1) is 4.90 Å². The van der Waals surface area contributed by atoms with Crippen molar-refractivity contribution in [1.29, 1.82) is 0 Å². The lowest BCUT2D eigenvalue weighted by atomic mass is 9.70. The summed E-state index contributed by atoms with van der Waals surface area (Å²) >= 11 is 0. The van der Waals surface area contributed by atoms with E-state index in [1.54, 1.807) is 12.1 Å². The van der Waals surface area contributed by atoms with E-state index in [9.17, 15) is 13.2 Å². The largest absolute Gasteiger partial charge is 0.325 e. The fourth-order valence-corrected chi connectivity index (χ4v) is 6.10. The fourth-order valence-electron chi connectivity index (χ4n) is 5.62. The highest BCUT2D eigenvalue weighted by atomic mass is 32.2. The van der Waals surface area contributed by atoms with E-state index in [0.717, 1.165) is 48.8 Å². The highest BCUT2D eigenvalue weighted by molar-refractivity contribution is 7.85. The normalized spacial score (nSPS) is 24.1. The molecule has 0 heterocycles. The molecule has 4 rings (SSSR count). The molecule has 0 saturated heterocycles. The second kappa shape index (κ2) is 10.2. The lowest BCUT2D eigenvalue weighted by Gasteiger charge is -2.31. The third-order valence-electron chi connectivity index (χ3n) is 8.95. The van der Waals surface area contributed by atoms with Crippen LogP contribution in [0.2, 0.25) is 0 Å². The van der Waals surface area contributed by atoms with Crippen LogP contribution in [0.25, 0.3) is 6.08 Å². The molecule has 2 unspecified atom stereocenters. The van der Waals surface area contributed by atoms with Gasteiger partial charge in [-0.2, -0.15) is 8.42 Å². The quantitative estimate of drug-likeness (QED) is 0.346. The number of carbonyl (C=O) groups excluding carboxylic acids is 1. The van der Waals surface area contributed by atoms with Gasteiger partial charge in [-0.1, -0.05) is 76.6 Å². The van der Waals surface area contributed by atoms with Gasteiger partial charge < -0.3 is 5.73 Å². The molecule has 0 radical (unpaired) electrons. The number of fused-ring (bicyclic) bond motifs is 2. The van der Waals surface area contributed by atoms with Gasteiger partial charge in [-0.05, 0) is 85.3 Å². The number of carbonyl (C=O) groups is 1. The molecule has 3 N–H and O–H groups in total. The molecular weight excluding hydrogens is 470 g/mol. The number of allylic oxidation sites excluding steroid dienone is 1. The fraction of sp³-hybridized carbons (Fsp3) is 0.500. The number of nitrogens with two attached hydrogens (primary N) is 1. The minimum absolute atomic E-state index is 0.0666. The van der Waals surface area contributed by atoms with E-state index in [2.05, 4.69) is 65.0 Å². The van der Waals surface area contributed by atoms with Gasteiger partial charge >= 0.3 is 0 Å². The Morgan fingerprint density at radius 3 is 2.03 bits per heavy atom. The van der Waals surface area contributed by atoms with E-state index in [-0.39, 0.29) is 21.3 Å². The Labute approximate surface area is 216 Å². The van der Waals surface area contributed by atoms with Crippen LogP contribution < -0.4 is 5.73 Å². The van der Waals surface area contributed by atoms with Gasteiger partial charge in [-0.3, -0.25) is 9.35 Å². The van der Waals surface area contributed by atoms with Crippen LogP contribution in [0.15, 0.2) is 59.0 Å². The van der Waals surface area contributed by atoms with Crippen molar-refractivity contribution in [3.63, 3.8) is 0 Å². The van der Waals surface area contributed by atoms with E-state index >= 15 is 0 Å². The van der Waals surface area contributed by atoms with Crippen molar-refractivity contribution in [3.05, 3.63) is 70.8 Å². The molecule has 2 atom stereocenters. The first-order valence-corrected chi connectivity index (χ1v) is 14.3. The van der Waals surface area contributed by atoms with Crippen molar-refractivity contribution < 1.29 is 17.8 Å². The molecule has 0 aliphatic heterocycles. The smallest absolute Gasteiger partial charge is 0.294 e. The number of Topliss-reactive ketones (excluding diaryl/α,β-unsaturated/α-hetero) is 1. The molecule has 2 bridgehead atoms. The van der Waals surface area contributed by atoms with Gasteiger partial charge in [0.2, 0.25) is 0 Å². The molecule has 2 fully saturated rings. The highest BCUT2D eigenvalue weighted by Crippen LogP contribution is 2.65. The summed E-state index contributed by atoms with van der Waals surface area (Å²) in [6, 6.07) is 14.6. The minimum atomic E-state index is -4.02. The van der Waals surface area contributed by atoms with Crippen molar-refractivity contribution in [3.8, 4) is 0 Å². The van der Waals surface area contributed by atoms with E-state index in [0.29, 0.717) is 11.7 Å². The maximum Gasteiger partial charge on any atom is 0.294 e. The minimum Gasteiger partial charge on any atom is -0.325 e. The number of aryl methyl sites for hydroxylation is 1. The summed E-state index contributed by atoms with van der Waals surface area (Å²) in [5.74, 6) is 0.775. The molecule has 0 aromatic heterocycles. The van der Waals surface area contributed by atoms with Crippen LogP contribution in [0.5, 0.6) is 0 Å². The first-order valence-electron chi connectivity index (χ1n) is 12.9. The Kier molecular flexibility index (Phi) is 8.04. The molecule has 0 amide bonds. The lowest BCUT2D eigenvalue weighted by molar-refractivity contribution is -0.125. The Morgan fingerprint density at radius 2 is 1.58 bits per heavy atom. The predicted molar refractivity (Wildman–Crippen MR) is 146 cm³/mol. The van der Waals surface area contributed by atoms with Gasteiger partial charge in [0.15, 0.2) is 5.78 Å². The zero-order valence-corrected chi connectivity index (χ0v) is 23.3. The van der Waals surface area contributed by atoms with Crippen LogP contribution in [0.4, 0.5) is 0 Å².